The van der Waals surface area contributed by atoms with Gasteiger partial charge in [-0.1, -0.05) is 36.4 Å². The van der Waals surface area contributed by atoms with Gasteiger partial charge in [-0.2, -0.15) is 11.8 Å². The zero-order chi connectivity index (χ0) is 19.2. The third-order valence-electron chi connectivity index (χ3n) is 5.10. The minimum atomic E-state index is 0.127. The van der Waals surface area contributed by atoms with Crippen LogP contribution in [0.25, 0.3) is 11.1 Å². The summed E-state index contributed by atoms with van der Waals surface area (Å²) in [6, 6.07) is 16.9. The number of rotatable bonds is 7. The molecule has 4 nitrogen and oxygen atoms in total. The van der Waals surface area contributed by atoms with Crippen LogP contribution in [0.5, 0.6) is 0 Å². The average Bonchev–Trinajstić information content (AvgIpc) is 3.19. The summed E-state index contributed by atoms with van der Waals surface area (Å²) in [5.74, 6) is 1.81. The van der Waals surface area contributed by atoms with Crippen LogP contribution >= 0.6 is 11.8 Å². The van der Waals surface area contributed by atoms with Crippen molar-refractivity contribution < 1.29 is 9.90 Å². The minimum absolute atomic E-state index is 0.127. The first-order valence-corrected chi connectivity index (χ1v) is 10.6. The molecule has 0 spiro atoms. The lowest BCUT2D eigenvalue weighted by Gasteiger charge is -2.20. The van der Waals surface area contributed by atoms with E-state index in [9.17, 15) is 4.79 Å². The van der Waals surface area contributed by atoms with E-state index < -0.39 is 0 Å². The molecule has 0 aliphatic carbocycles. The summed E-state index contributed by atoms with van der Waals surface area (Å²) < 4.78 is 0. The fourth-order valence-electron chi connectivity index (χ4n) is 3.38. The maximum atomic E-state index is 12.7. The first-order chi connectivity index (χ1) is 13.1. The molecule has 5 heteroatoms. The van der Waals surface area contributed by atoms with Crippen molar-refractivity contribution in [1.82, 2.24) is 9.80 Å². The van der Waals surface area contributed by atoms with Crippen molar-refractivity contribution >= 4 is 17.7 Å². The molecule has 1 aliphatic heterocycles. The Hall–Kier alpha value is -1.82. The van der Waals surface area contributed by atoms with E-state index in [0.717, 1.165) is 47.7 Å². The molecular weight excluding hydrogens is 356 g/mol. The monoisotopic (exact) mass is 384 g/mol. The summed E-state index contributed by atoms with van der Waals surface area (Å²) >= 11 is 1.73. The number of benzene rings is 2. The second kappa shape index (κ2) is 9.40. The fourth-order valence-corrected chi connectivity index (χ4v) is 4.09. The molecule has 1 atom stereocenters. The van der Waals surface area contributed by atoms with E-state index in [2.05, 4.69) is 43.3 Å². The normalized spacial score (nSPS) is 16.9. The molecule has 1 heterocycles. The third kappa shape index (κ3) is 5.12. The van der Waals surface area contributed by atoms with Crippen molar-refractivity contribution in [1.29, 1.82) is 0 Å². The minimum Gasteiger partial charge on any atom is -0.396 e. The number of carbonyl (C=O) groups is 1. The number of thioether (sulfide) groups is 1. The van der Waals surface area contributed by atoms with E-state index in [1.54, 1.807) is 11.8 Å². The topological polar surface area (TPSA) is 43.8 Å². The van der Waals surface area contributed by atoms with Crippen LogP contribution in [0.2, 0.25) is 0 Å². The zero-order valence-corrected chi connectivity index (χ0v) is 16.9. The van der Waals surface area contributed by atoms with E-state index in [4.69, 9.17) is 5.11 Å². The molecule has 1 aliphatic rings. The highest BCUT2D eigenvalue weighted by atomic mass is 32.2. The fraction of sp³-hybridized carbons (Fsp3) is 0.409. The number of amides is 1. The lowest BCUT2D eigenvalue weighted by Crippen LogP contribution is -2.34. The van der Waals surface area contributed by atoms with Gasteiger partial charge in [-0.05, 0) is 49.3 Å². The van der Waals surface area contributed by atoms with Crippen molar-refractivity contribution in [2.24, 2.45) is 0 Å². The second-order valence-corrected chi connectivity index (χ2v) is 8.31. The van der Waals surface area contributed by atoms with E-state index in [1.807, 2.05) is 29.2 Å². The summed E-state index contributed by atoms with van der Waals surface area (Å²) in [6.45, 7) is 1.86. The smallest absolute Gasteiger partial charge is 0.253 e. The van der Waals surface area contributed by atoms with Gasteiger partial charge in [-0.25, -0.2) is 0 Å². The lowest BCUT2D eigenvalue weighted by atomic mass is 10.0. The molecule has 1 fully saturated rings. The average molecular weight is 385 g/mol. The van der Waals surface area contributed by atoms with Gasteiger partial charge in [-0.3, -0.25) is 4.79 Å². The van der Waals surface area contributed by atoms with Crippen LogP contribution in [0.4, 0.5) is 0 Å². The Kier molecular flexibility index (Phi) is 6.94. The van der Waals surface area contributed by atoms with Crippen molar-refractivity contribution in [2.75, 3.05) is 39.5 Å². The summed E-state index contributed by atoms with van der Waals surface area (Å²) in [6.07, 6.45) is 1.04. The van der Waals surface area contributed by atoms with Crippen molar-refractivity contribution in [3.63, 3.8) is 0 Å². The first-order valence-electron chi connectivity index (χ1n) is 9.42. The number of nitrogens with zero attached hydrogens (tertiary/aromatic N) is 2. The highest BCUT2D eigenvalue weighted by Crippen LogP contribution is 2.23. The van der Waals surface area contributed by atoms with Gasteiger partial charge in [0.2, 0.25) is 0 Å². The van der Waals surface area contributed by atoms with Gasteiger partial charge in [0, 0.05) is 36.2 Å². The molecule has 0 unspecified atom stereocenters. The highest BCUT2D eigenvalue weighted by molar-refractivity contribution is 7.98. The van der Waals surface area contributed by atoms with Crippen LogP contribution in [-0.2, 0) is 5.75 Å². The SMILES string of the molecule is CN(C)[C@@H]1CCN(C(=O)c2ccc(-c3ccc(CSCCO)cc3)cc2)C1. The van der Waals surface area contributed by atoms with Gasteiger partial charge >= 0.3 is 0 Å². The van der Waals surface area contributed by atoms with Crippen molar-refractivity contribution in [2.45, 2.75) is 18.2 Å². The molecule has 0 aromatic heterocycles. The molecule has 2 aromatic rings. The van der Waals surface area contributed by atoms with Gasteiger partial charge in [0.15, 0.2) is 0 Å². The Morgan fingerprint density at radius 3 is 2.30 bits per heavy atom. The molecule has 144 valence electrons. The van der Waals surface area contributed by atoms with Gasteiger partial charge in [0.25, 0.3) is 5.91 Å². The predicted molar refractivity (Wildman–Crippen MR) is 113 cm³/mol. The Bertz CT molecular complexity index is 744. The molecule has 2 aromatic carbocycles. The molecule has 3 rings (SSSR count). The summed E-state index contributed by atoms with van der Waals surface area (Å²) in [5, 5.41) is 8.86. The number of aliphatic hydroxyl groups excluding tert-OH is 1. The summed E-state index contributed by atoms with van der Waals surface area (Å²) in [7, 11) is 4.15. The van der Waals surface area contributed by atoms with Gasteiger partial charge in [0.05, 0.1) is 6.61 Å². The Balaban J connectivity index is 1.62. The number of hydrogen-bond donors (Lipinski definition) is 1. The standard InChI is InChI=1S/C22H28N2O2S/c1-23(2)21-11-12-24(15-21)22(26)20-9-7-19(8-10-20)18-5-3-17(4-6-18)16-27-14-13-25/h3-10,21,25H,11-16H2,1-2H3/t21-/m1/s1. The highest BCUT2D eigenvalue weighted by Gasteiger charge is 2.27. The number of hydrogen-bond acceptors (Lipinski definition) is 4. The summed E-state index contributed by atoms with van der Waals surface area (Å²) in [4.78, 5) is 16.9. The molecule has 27 heavy (non-hydrogen) atoms. The molecule has 0 bridgehead atoms. The Labute approximate surface area is 166 Å². The van der Waals surface area contributed by atoms with Crippen LogP contribution in [0, 0.1) is 0 Å². The Morgan fingerprint density at radius 2 is 1.74 bits per heavy atom. The third-order valence-corrected chi connectivity index (χ3v) is 6.11. The molecular formula is C22H28N2O2S. The summed E-state index contributed by atoms with van der Waals surface area (Å²) in [5.41, 5.74) is 4.29. The van der Waals surface area contributed by atoms with Crippen LogP contribution in [-0.4, -0.2) is 66.4 Å². The van der Waals surface area contributed by atoms with E-state index in [-0.39, 0.29) is 12.5 Å². The molecule has 1 amide bonds. The van der Waals surface area contributed by atoms with Crippen LogP contribution < -0.4 is 0 Å². The van der Waals surface area contributed by atoms with Crippen LogP contribution in [0.3, 0.4) is 0 Å². The lowest BCUT2D eigenvalue weighted by molar-refractivity contribution is 0.0783. The van der Waals surface area contributed by atoms with E-state index in [0.29, 0.717) is 6.04 Å². The maximum Gasteiger partial charge on any atom is 0.253 e. The quantitative estimate of drug-likeness (QED) is 0.744. The predicted octanol–water partition coefficient (Wildman–Crippen LogP) is 3.36. The van der Waals surface area contributed by atoms with Gasteiger partial charge in [0.1, 0.15) is 0 Å². The second-order valence-electron chi connectivity index (χ2n) is 7.21. The van der Waals surface area contributed by atoms with Crippen molar-refractivity contribution in [3.05, 3.63) is 59.7 Å². The van der Waals surface area contributed by atoms with Crippen LogP contribution in [0.15, 0.2) is 48.5 Å². The van der Waals surface area contributed by atoms with Crippen molar-refractivity contribution in [3.8, 4) is 11.1 Å². The van der Waals surface area contributed by atoms with E-state index in [1.165, 1.54) is 5.56 Å². The molecule has 0 radical (unpaired) electrons. The number of carbonyl (C=O) groups excluding carboxylic acids is 1. The molecule has 1 saturated heterocycles. The van der Waals surface area contributed by atoms with Gasteiger partial charge < -0.3 is 14.9 Å². The number of likely N-dealkylation sites (N-methyl/N-ethyl adjacent to an activating group) is 1. The largest absolute Gasteiger partial charge is 0.396 e. The maximum absolute atomic E-state index is 12.7. The van der Waals surface area contributed by atoms with Gasteiger partial charge in [-0.15, -0.1) is 0 Å². The number of likely N-dealkylation sites (tertiary alicyclic amines) is 1. The zero-order valence-electron chi connectivity index (χ0n) is 16.1. The first kappa shape index (κ1) is 19.9. The van der Waals surface area contributed by atoms with E-state index >= 15 is 0 Å². The molecule has 0 saturated carbocycles. The number of aliphatic hydroxyl groups is 1. The van der Waals surface area contributed by atoms with Crippen LogP contribution in [0.1, 0.15) is 22.3 Å². The Morgan fingerprint density at radius 1 is 1.11 bits per heavy atom. The molecule has 1 N–H and O–H groups in total.